The van der Waals surface area contributed by atoms with Gasteiger partial charge in [-0.25, -0.2) is 0 Å². The van der Waals surface area contributed by atoms with E-state index >= 15 is 0 Å². The maximum Gasteiger partial charge on any atom is 0.310 e. The first-order valence-electron chi connectivity index (χ1n) is 8.28. The van der Waals surface area contributed by atoms with Crippen LogP contribution in [0.3, 0.4) is 0 Å². The Labute approximate surface area is 146 Å². The van der Waals surface area contributed by atoms with E-state index in [4.69, 9.17) is 9.47 Å². The number of aliphatic carboxylic acids is 1. The smallest absolute Gasteiger partial charge is 0.310 e. The van der Waals surface area contributed by atoms with Gasteiger partial charge in [0.15, 0.2) is 0 Å². The quantitative estimate of drug-likeness (QED) is 0.820. The van der Waals surface area contributed by atoms with E-state index in [2.05, 4.69) is 26.1 Å². The molecule has 1 aromatic carbocycles. The van der Waals surface area contributed by atoms with Crippen molar-refractivity contribution < 1.29 is 24.2 Å². The van der Waals surface area contributed by atoms with E-state index in [1.807, 2.05) is 18.2 Å². The lowest BCUT2D eigenvalue weighted by Gasteiger charge is -2.24. The van der Waals surface area contributed by atoms with Crippen LogP contribution < -0.4 is 10.1 Å². The normalized spacial score (nSPS) is 27.4. The molecule has 1 fully saturated rings. The molecule has 2 aliphatic heterocycles. The molecular weight excluding hydrogens is 322 g/mol. The number of amides is 1. The number of benzene rings is 1. The molecule has 2 N–H and O–H groups in total. The number of rotatable bonds is 4. The molecule has 6 nitrogen and oxygen atoms in total. The highest BCUT2D eigenvalue weighted by Gasteiger charge is 2.53. The van der Waals surface area contributed by atoms with Crippen LogP contribution in [0, 0.1) is 11.8 Å². The Kier molecular flexibility index (Phi) is 4.33. The van der Waals surface area contributed by atoms with Crippen LogP contribution in [0.25, 0.3) is 0 Å². The first-order valence-corrected chi connectivity index (χ1v) is 8.28. The summed E-state index contributed by atoms with van der Waals surface area (Å²) in [5, 5.41) is 12.3. The van der Waals surface area contributed by atoms with Gasteiger partial charge in [0, 0.05) is 0 Å². The maximum atomic E-state index is 12.8. The van der Waals surface area contributed by atoms with Crippen molar-refractivity contribution in [1.29, 1.82) is 0 Å². The van der Waals surface area contributed by atoms with Gasteiger partial charge in [-0.3, -0.25) is 9.59 Å². The topological polar surface area (TPSA) is 84.9 Å². The Hall–Kier alpha value is -2.34. The van der Waals surface area contributed by atoms with E-state index in [0.29, 0.717) is 11.4 Å². The van der Waals surface area contributed by atoms with Gasteiger partial charge in [-0.2, -0.15) is 0 Å². The second-order valence-corrected chi connectivity index (χ2v) is 7.49. The van der Waals surface area contributed by atoms with Crippen LogP contribution in [0.1, 0.15) is 26.3 Å². The van der Waals surface area contributed by atoms with Gasteiger partial charge in [0.25, 0.3) is 0 Å². The van der Waals surface area contributed by atoms with Crippen LogP contribution in [0.4, 0.5) is 5.69 Å². The lowest BCUT2D eigenvalue weighted by molar-refractivity contribution is -0.145. The van der Waals surface area contributed by atoms with Crippen LogP contribution >= 0.6 is 0 Å². The number of fused-ring (bicyclic) bond motifs is 2. The minimum atomic E-state index is -1.02. The number of anilines is 1. The Morgan fingerprint density at radius 1 is 1.16 bits per heavy atom. The zero-order valence-electron chi connectivity index (χ0n) is 14.8. The fourth-order valence-corrected chi connectivity index (χ4v) is 3.40. The molecule has 25 heavy (non-hydrogen) atoms. The van der Waals surface area contributed by atoms with Gasteiger partial charge in [0.05, 0.1) is 30.9 Å². The second kappa shape index (κ2) is 6.19. The highest BCUT2D eigenvalue weighted by Crippen LogP contribution is 2.40. The number of hydrogen-bond acceptors (Lipinski definition) is 4. The Morgan fingerprint density at radius 3 is 2.36 bits per heavy atom. The number of carbonyl (C=O) groups excluding carboxylic acids is 1. The second-order valence-electron chi connectivity index (χ2n) is 7.49. The summed E-state index contributed by atoms with van der Waals surface area (Å²) in [5.74, 6) is -2.48. The molecule has 0 radical (unpaired) electrons. The Morgan fingerprint density at radius 2 is 1.80 bits per heavy atom. The summed E-state index contributed by atoms with van der Waals surface area (Å²) in [6.45, 7) is 6.24. The third kappa shape index (κ3) is 3.14. The molecule has 2 heterocycles. The molecule has 4 atom stereocenters. The molecule has 1 aromatic rings. The van der Waals surface area contributed by atoms with Gasteiger partial charge in [-0.1, -0.05) is 39.0 Å². The van der Waals surface area contributed by atoms with E-state index in [1.54, 1.807) is 12.2 Å². The first-order chi connectivity index (χ1) is 11.7. The summed E-state index contributed by atoms with van der Waals surface area (Å²) in [4.78, 5) is 24.4. The Balaban J connectivity index is 1.88. The van der Waals surface area contributed by atoms with Crippen LogP contribution in [-0.4, -0.2) is 36.3 Å². The lowest BCUT2D eigenvalue weighted by atomic mass is 9.82. The maximum absolute atomic E-state index is 12.8. The summed E-state index contributed by atoms with van der Waals surface area (Å²) in [6.07, 6.45) is 2.44. The van der Waals surface area contributed by atoms with Crippen molar-refractivity contribution in [2.75, 3.05) is 12.4 Å². The van der Waals surface area contributed by atoms with Gasteiger partial charge in [0.2, 0.25) is 5.91 Å². The van der Waals surface area contributed by atoms with E-state index in [1.165, 1.54) is 7.11 Å². The predicted octanol–water partition coefficient (Wildman–Crippen LogP) is 2.59. The van der Waals surface area contributed by atoms with E-state index in [9.17, 15) is 14.7 Å². The molecule has 0 aromatic heterocycles. The van der Waals surface area contributed by atoms with E-state index in [-0.39, 0.29) is 11.3 Å². The van der Waals surface area contributed by atoms with Crippen molar-refractivity contribution in [2.24, 2.45) is 11.8 Å². The average molecular weight is 345 g/mol. The molecule has 2 bridgehead atoms. The van der Waals surface area contributed by atoms with Gasteiger partial charge >= 0.3 is 5.97 Å². The van der Waals surface area contributed by atoms with Gasteiger partial charge in [0.1, 0.15) is 11.7 Å². The SMILES string of the molecule is COc1ccc(C(C)(C)C)cc1NC(=O)C1C2C=CC(O2)C1C(=O)O. The van der Waals surface area contributed by atoms with Gasteiger partial charge in [-0.05, 0) is 23.1 Å². The standard InChI is InChI=1S/C19H23NO5/c1-19(2,3)10-5-6-12(24-4)11(9-10)20-17(21)15-13-7-8-14(25-13)16(15)18(22)23/h5-9,13-16H,1-4H3,(H,20,21)(H,22,23). The minimum absolute atomic E-state index is 0.0897. The fraction of sp³-hybridized carbons (Fsp3) is 0.474. The molecule has 134 valence electrons. The Bertz CT molecular complexity index is 734. The highest BCUT2D eigenvalue weighted by molar-refractivity contribution is 5.97. The van der Waals surface area contributed by atoms with Crippen LogP contribution in [0.15, 0.2) is 30.4 Å². The number of hydrogen-bond donors (Lipinski definition) is 2. The third-order valence-electron chi connectivity index (χ3n) is 4.81. The molecule has 0 saturated carbocycles. The van der Waals surface area contributed by atoms with Gasteiger partial charge < -0.3 is 19.9 Å². The molecule has 1 saturated heterocycles. The number of carboxylic acids is 1. The number of nitrogens with one attached hydrogen (secondary N) is 1. The van der Waals surface area contributed by atoms with Crippen LogP contribution in [-0.2, 0) is 19.7 Å². The number of carboxylic acid groups (broad SMARTS) is 1. The zero-order valence-corrected chi connectivity index (χ0v) is 14.8. The zero-order chi connectivity index (χ0) is 18.4. The van der Waals surface area contributed by atoms with Gasteiger partial charge in [-0.15, -0.1) is 0 Å². The summed E-state index contributed by atoms with van der Waals surface area (Å²) in [5.41, 5.74) is 1.49. The van der Waals surface area contributed by atoms with Crippen molar-refractivity contribution in [1.82, 2.24) is 0 Å². The molecule has 0 spiro atoms. The van der Waals surface area contributed by atoms with Crippen molar-refractivity contribution in [2.45, 2.75) is 38.4 Å². The molecule has 1 amide bonds. The molecule has 4 unspecified atom stereocenters. The van der Waals surface area contributed by atoms with E-state index < -0.39 is 30.0 Å². The predicted molar refractivity (Wildman–Crippen MR) is 92.7 cm³/mol. The molecule has 0 aliphatic carbocycles. The number of methoxy groups -OCH3 is 1. The van der Waals surface area contributed by atoms with Crippen molar-refractivity contribution in [3.63, 3.8) is 0 Å². The molecule has 6 heteroatoms. The van der Waals surface area contributed by atoms with Crippen molar-refractivity contribution in [3.05, 3.63) is 35.9 Å². The fourth-order valence-electron chi connectivity index (χ4n) is 3.40. The lowest BCUT2D eigenvalue weighted by Crippen LogP contribution is -2.39. The summed E-state index contributed by atoms with van der Waals surface area (Å²) in [7, 11) is 1.53. The highest BCUT2D eigenvalue weighted by atomic mass is 16.5. The number of carbonyl (C=O) groups is 2. The molecule has 2 aliphatic rings. The number of ether oxygens (including phenoxy) is 2. The van der Waals surface area contributed by atoms with Crippen molar-refractivity contribution >= 4 is 17.6 Å². The summed E-state index contributed by atoms with van der Waals surface area (Å²) < 4.78 is 10.9. The summed E-state index contributed by atoms with van der Waals surface area (Å²) in [6, 6.07) is 5.64. The average Bonchev–Trinajstić information content (AvgIpc) is 3.14. The largest absolute Gasteiger partial charge is 0.495 e. The first kappa shape index (κ1) is 17.5. The van der Waals surface area contributed by atoms with Crippen molar-refractivity contribution in [3.8, 4) is 5.75 Å². The molecular formula is C19H23NO5. The van der Waals surface area contributed by atoms with E-state index in [0.717, 1.165) is 5.56 Å². The minimum Gasteiger partial charge on any atom is -0.495 e. The van der Waals surface area contributed by atoms with Crippen LogP contribution in [0.5, 0.6) is 5.75 Å². The summed E-state index contributed by atoms with van der Waals surface area (Å²) >= 11 is 0. The molecule has 3 rings (SSSR count). The van der Waals surface area contributed by atoms with Crippen LogP contribution in [0.2, 0.25) is 0 Å². The monoisotopic (exact) mass is 345 g/mol. The third-order valence-corrected chi connectivity index (χ3v) is 4.81.